The van der Waals surface area contributed by atoms with Gasteiger partial charge >= 0.3 is 0 Å². The average molecular weight is 296 g/mol. The molecular weight excluding hydrogens is 280 g/mol. The Balaban J connectivity index is 2.25. The van der Waals surface area contributed by atoms with Crippen LogP contribution in [-0.4, -0.2) is 30.5 Å². The summed E-state index contributed by atoms with van der Waals surface area (Å²) in [7, 11) is 3.26. The zero-order valence-corrected chi connectivity index (χ0v) is 12.4. The highest BCUT2D eigenvalue weighted by atomic mass is 32.2. The lowest BCUT2D eigenvalue weighted by Gasteiger charge is -2.17. The smallest absolute Gasteiger partial charge is 0.259 e. The van der Waals surface area contributed by atoms with E-state index in [4.69, 9.17) is 15.0 Å². The molecular formula is C12H16N2O3SSi. The molecule has 1 aromatic carbocycles. The van der Waals surface area contributed by atoms with Gasteiger partial charge in [-0.15, -0.1) is 0 Å². The minimum atomic E-state index is -2.16. The van der Waals surface area contributed by atoms with Gasteiger partial charge in [-0.05, 0) is 25.0 Å². The number of benzene rings is 1. The van der Waals surface area contributed by atoms with Crippen LogP contribution in [0.3, 0.4) is 0 Å². The summed E-state index contributed by atoms with van der Waals surface area (Å²) in [5, 5.41) is 0.351. The van der Waals surface area contributed by atoms with Crippen molar-refractivity contribution in [1.82, 2.24) is 0 Å². The van der Waals surface area contributed by atoms with Gasteiger partial charge in [0, 0.05) is 10.7 Å². The Morgan fingerprint density at radius 2 is 2.32 bits per heavy atom. The van der Waals surface area contributed by atoms with E-state index in [2.05, 4.69) is 21.5 Å². The lowest BCUT2D eigenvalue weighted by Crippen LogP contribution is -2.19. The molecule has 2 radical (unpaired) electrons. The fourth-order valence-electron chi connectivity index (χ4n) is 1.72. The van der Waals surface area contributed by atoms with Gasteiger partial charge in [-0.2, -0.15) is 0 Å². The van der Waals surface area contributed by atoms with Crippen molar-refractivity contribution < 1.29 is 13.5 Å². The average Bonchev–Trinajstić information content (AvgIpc) is 3.04. The van der Waals surface area contributed by atoms with E-state index >= 15 is 0 Å². The molecule has 0 spiro atoms. The van der Waals surface area contributed by atoms with Crippen LogP contribution in [0.2, 0.25) is 0 Å². The van der Waals surface area contributed by atoms with Crippen LogP contribution in [0.5, 0.6) is 5.75 Å². The van der Waals surface area contributed by atoms with Crippen molar-refractivity contribution >= 4 is 32.1 Å². The van der Waals surface area contributed by atoms with Crippen LogP contribution in [-0.2, 0) is 11.3 Å². The van der Waals surface area contributed by atoms with Crippen LogP contribution in [0, 0.1) is 5.41 Å². The van der Waals surface area contributed by atoms with E-state index in [0.29, 0.717) is 28.9 Å². The molecule has 0 amide bonds. The Bertz CT molecular complexity index is 532. The van der Waals surface area contributed by atoms with E-state index in [1.54, 1.807) is 18.2 Å². The number of nitrogens with two attached hydrogens (primary N) is 1. The predicted octanol–water partition coefficient (Wildman–Crippen LogP) is 1.02. The van der Waals surface area contributed by atoms with Crippen molar-refractivity contribution in [3.63, 3.8) is 0 Å². The molecule has 0 aromatic heterocycles. The van der Waals surface area contributed by atoms with E-state index in [-0.39, 0.29) is 5.41 Å². The Morgan fingerprint density at radius 1 is 1.63 bits per heavy atom. The number of anilines is 1. The lowest BCUT2D eigenvalue weighted by atomic mass is 10.1. The van der Waals surface area contributed by atoms with Crippen LogP contribution in [0.15, 0.2) is 18.2 Å². The van der Waals surface area contributed by atoms with Gasteiger partial charge in [-0.25, -0.2) is 4.21 Å². The summed E-state index contributed by atoms with van der Waals surface area (Å²) in [5.41, 5.74) is 7.04. The molecule has 0 heterocycles. The highest BCUT2D eigenvalue weighted by molar-refractivity contribution is 7.80. The topological polar surface area (TPSA) is 84.6 Å². The van der Waals surface area contributed by atoms with Gasteiger partial charge in [0.25, 0.3) is 11.3 Å². The van der Waals surface area contributed by atoms with Crippen molar-refractivity contribution in [2.24, 2.45) is 11.1 Å². The molecule has 5 nitrogen and oxygen atoms in total. The van der Waals surface area contributed by atoms with Crippen molar-refractivity contribution in [2.75, 3.05) is 11.3 Å². The highest BCUT2D eigenvalue weighted by Gasteiger charge is 2.38. The molecule has 1 unspecified atom stereocenters. The maximum Gasteiger partial charge on any atom is 0.259 e. The predicted molar refractivity (Wildman–Crippen MR) is 77.7 cm³/mol. The summed E-state index contributed by atoms with van der Waals surface area (Å²) >= 11 is -2.16. The SMILES string of the molecule is CC1(COc2cccc(NS(=O)O)c2C(N)=[Si])CC1. The fraction of sp³-hybridized carbons (Fsp3) is 0.417. The third-order valence-corrected chi connectivity index (χ3v) is 3.82. The first-order chi connectivity index (χ1) is 8.91. The summed E-state index contributed by atoms with van der Waals surface area (Å²) in [6.45, 7) is 2.78. The minimum absolute atomic E-state index is 0.251. The van der Waals surface area contributed by atoms with E-state index in [1.165, 1.54) is 0 Å². The van der Waals surface area contributed by atoms with Gasteiger partial charge in [-0.3, -0.25) is 9.27 Å². The first kappa shape index (κ1) is 14.2. The van der Waals surface area contributed by atoms with Crippen LogP contribution >= 0.6 is 0 Å². The van der Waals surface area contributed by atoms with Crippen LogP contribution in [0.25, 0.3) is 0 Å². The molecule has 1 aliphatic carbocycles. The third-order valence-electron chi connectivity index (χ3n) is 3.17. The summed E-state index contributed by atoms with van der Waals surface area (Å²) in [6.07, 6.45) is 2.32. The van der Waals surface area contributed by atoms with Crippen LogP contribution in [0.4, 0.5) is 5.69 Å². The van der Waals surface area contributed by atoms with Crippen molar-refractivity contribution in [3.8, 4) is 5.75 Å². The highest BCUT2D eigenvalue weighted by Crippen LogP contribution is 2.45. The maximum atomic E-state index is 10.9. The zero-order chi connectivity index (χ0) is 14.0. The molecule has 1 atom stereocenters. The molecule has 1 fully saturated rings. The Hall–Kier alpha value is -1.18. The van der Waals surface area contributed by atoms with Gasteiger partial charge in [0.05, 0.1) is 27.7 Å². The van der Waals surface area contributed by atoms with E-state index in [9.17, 15) is 4.21 Å². The minimum Gasteiger partial charge on any atom is -0.492 e. The Labute approximate surface area is 118 Å². The van der Waals surface area contributed by atoms with E-state index < -0.39 is 11.3 Å². The molecule has 0 saturated heterocycles. The molecule has 1 aliphatic rings. The van der Waals surface area contributed by atoms with Crippen molar-refractivity contribution in [2.45, 2.75) is 19.8 Å². The quantitative estimate of drug-likeness (QED) is 0.540. The van der Waals surface area contributed by atoms with E-state index in [1.807, 2.05) is 0 Å². The summed E-state index contributed by atoms with van der Waals surface area (Å²) in [5.74, 6) is 0.594. The number of hydrogen-bond donors (Lipinski definition) is 3. The second kappa shape index (κ2) is 5.44. The van der Waals surface area contributed by atoms with Crippen LogP contribution in [0.1, 0.15) is 25.3 Å². The van der Waals surface area contributed by atoms with Gasteiger partial charge in [0.1, 0.15) is 5.75 Å². The normalized spacial score (nSPS) is 17.6. The Kier molecular flexibility index (Phi) is 4.07. The second-order valence-electron chi connectivity index (χ2n) is 5.04. The number of rotatable bonds is 6. The first-order valence-corrected chi connectivity index (χ1v) is 7.50. The molecule has 0 bridgehead atoms. The summed E-state index contributed by atoms with van der Waals surface area (Å²) in [4.78, 5) is 0. The number of hydrogen-bond acceptors (Lipinski definition) is 3. The maximum absolute atomic E-state index is 10.9. The fourth-order valence-corrected chi connectivity index (χ4v) is 2.33. The van der Waals surface area contributed by atoms with E-state index in [0.717, 1.165) is 12.8 Å². The van der Waals surface area contributed by atoms with Gasteiger partial charge in [0.2, 0.25) is 0 Å². The number of ether oxygens (including phenoxy) is 1. The molecule has 102 valence electrons. The molecule has 0 aliphatic heterocycles. The number of nitrogens with one attached hydrogen (secondary N) is 1. The monoisotopic (exact) mass is 296 g/mol. The van der Waals surface area contributed by atoms with Gasteiger partial charge in [0.15, 0.2) is 0 Å². The summed E-state index contributed by atoms with van der Waals surface area (Å²) in [6, 6.07) is 5.21. The molecule has 2 rings (SSSR count). The Morgan fingerprint density at radius 3 is 2.84 bits per heavy atom. The lowest BCUT2D eigenvalue weighted by molar-refractivity contribution is 0.247. The first-order valence-electron chi connectivity index (χ1n) is 5.89. The molecule has 7 heteroatoms. The van der Waals surface area contributed by atoms with Crippen molar-refractivity contribution in [3.05, 3.63) is 23.8 Å². The standard InChI is InChI=1S/C12H16N2O3SSi/c1-12(5-6-12)7-17-9-4-2-3-8(14-18(15)16)10(9)11(13)19/h2-4,14H,5-7,13H2,1H3,(H,15,16). The third kappa shape index (κ3) is 3.65. The summed E-state index contributed by atoms with van der Waals surface area (Å²) < 4.78 is 28.0. The molecule has 4 N–H and O–H groups in total. The van der Waals surface area contributed by atoms with Gasteiger partial charge < -0.3 is 10.5 Å². The zero-order valence-electron chi connectivity index (χ0n) is 10.6. The molecule has 19 heavy (non-hydrogen) atoms. The second-order valence-corrected chi connectivity index (χ2v) is 6.28. The molecule has 1 aromatic rings. The van der Waals surface area contributed by atoms with Crippen LogP contribution < -0.4 is 15.2 Å². The molecule has 1 saturated carbocycles. The van der Waals surface area contributed by atoms with Crippen molar-refractivity contribution in [1.29, 1.82) is 0 Å². The largest absolute Gasteiger partial charge is 0.492 e. The van der Waals surface area contributed by atoms with Gasteiger partial charge in [-0.1, -0.05) is 13.0 Å².